The van der Waals surface area contributed by atoms with E-state index in [2.05, 4.69) is 5.32 Å². The average Bonchev–Trinajstić information content (AvgIpc) is 2.74. The summed E-state index contributed by atoms with van der Waals surface area (Å²) in [6.45, 7) is 0.000678. The van der Waals surface area contributed by atoms with E-state index >= 15 is 0 Å². The van der Waals surface area contributed by atoms with Crippen molar-refractivity contribution in [3.63, 3.8) is 0 Å². The first kappa shape index (κ1) is 24.8. The number of amides is 1. The first-order chi connectivity index (χ1) is 14.8. The Bertz CT molecular complexity index is 985. The molecule has 0 atom stereocenters. The second-order valence-electron chi connectivity index (χ2n) is 6.65. The van der Waals surface area contributed by atoms with Crippen LogP contribution >= 0.6 is 11.8 Å². The summed E-state index contributed by atoms with van der Waals surface area (Å²) in [4.78, 5) is 12.4. The zero-order valence-corrected chi connectivity index (χ0v) is 19.4. The van der Waals surface area contributed by atoms with Crippen LogP contribution in [0.15, 0.2) is 42.5 Å². The number of carbonyl (C=O) groups is 1. The summed E-state index contributed by atoms with van der Waals surface area (Å²) in [5, 5.41) is 2.73. The quantitative estimate of drug-likeness (QED) is 0.480. The Balaban J connectivity index is 1.89. The van der Waals surface area contributed by atoms with Gasteiger partial charge in [0.15, 0.2) is 0 Å². The van der Waals surface area contributed by atoms with Crippen molar-refractivity contribution in [1.82, 2.24) is 5.32 Å². The third-order valence-electron chi connectivity index (χ3n) is 4.35. The van der Waals surface area contributed by atoms with Gasteiger partial charge < -0.3 is 14.8 Å². The number of carbonyl (C=O) groups excluding carboxylic acids is 1. The number of thioether (sulfide) groups is 1. The maximum atomic E-state index is 13.6. The Morgan fingerprint density at radius 3 is 2.55 bits per heavy atom. The number of nitrogens with one attached hydrogen (secondary N) is 1. The van der Waals surface area contributed by atoms with E-state index in [1.807, 2.05) is 0 Å². The van der Waals surface area contributed by atoms with Crippen LogP contribution in [0.1, 0.15) is 12.0 Å². The van der Waals surface area contributed by atoms with E-state index in [1.54, 1.807) is 42.1 Å². The molecule has 0 saturated heterocycles. The summed E-state index contributed by atoms with van der Waals surface area (Å²) in [5.41, 5.74) is 0.868. The molecule has 1 amide bonds. The van der Waals surface area contributed by atoms with Gasteiger partial charge in [0.25, 0.3) is 0 Å². The number of sulfonamides is 1. The second-order valence-corrected chi connectivity index (χ2v) is 9.67. The molecular weight excluding hydrogens is 443 g/mol. The number of benzene rings is 2. The van der Waals surface area contributed by atoms with Gasteiger partial charge in [-0.2, -0.15) is 11.8 Å². The minimum absolute atomic E-state index is 0.222. The van der Waals surface area contributed by atoms with Gasteiger partial charge in [0.05, 0.1) is 26.2 Å². The number of rotatable bonds is 12. The Kier molecular flexibility index (Phi) is 9.44. The van der Waals surface area contributed by atoms with Crippen molar-refractivity contribution in [2.45, 2.75) is 12.2 Å². The van der Waals surface area contributed by atoms with Crippen molar-refractivity contribution in [3.8, 4) is 11.5 Å². The molecule has 0 bridgehead atoms. The van der Waals surface area contributed by atoms with Crippen molar-refractivity contribution in [1.29, 1.82) is 0 Å². The van der Waals surface area contributed by atoms with Crippen LogP contribution in [0.25, 0.3) is 0 Å². The molecule has 0 radical (unpaired) electrons. The number of halogens is 1. The van der Waals surface area contributed by atoms with Gasteiger partial charge in [0.1, 0.15) is 23.9 Å². The summed E-state index contributed by atoms with van der Waals surface area (Å²) < 4.78 is 49.6. The fourth-order valence-corrected chi connectivity index (χ4v) is 4.56. The van der Waals surface area contributed by atoms with Crippen LogP contribution in [0.2, 0.25) is 0 Å². The molecule has 170 valence electrons. The van der Waals surface area contributed by atoms with E-state index in [4.69, 9.17) is 9.47 Å². The fourth-order valence-electron chi connectivity index (χ4n) is 2.76. The van der Waals surface area contributed by atoms with E-state index < -0.39 is 15.9 Å². The predicted molar refractivity (Wildman–Crippen MR) is 122 cm³/mol. The lowest BCUT2D eigenvalue weighted by atomic mass is 10.2. The Morgan fingerprint density at radius 1 is 1.16 bits per heavy atom. The molecule has 7 nitrogen and oxygen atoms in total. The minimum Gasteiger partial charge on any atom is -0.497 e. The molecule has 2 aromatic rings. The third kappa shape index (κ3) is 7.62. The predicted octanol–water partition coefficient (Wildman–Crippen LogP) is 3.05. The van der Waals surface area contributed by atoms with Gasteiger partial charge in [-0.3, -0.25) is 9.10 Å². The number of methoxy groups -OCH3 is 2. The van der Waals surface area contributed by atoms with Crippen LogP contribution in [0.5, 0.6) is 11.5 Å². The minimum atomic E-state index is -3.75. The third-order valence-corrected chi connectivity index (χ3v) is 6.56. The normalized spacial score (nSPS) is 11.1. The van der Waals surface area contributed by atoms with Crippen molar-refractivity contribution in [2.24, 2.45) is 0 Å². The first-order valence-corrected chi connectivity index (χ1v) is 12.5. The summed E-state index contributed by atoms with van der Waals surface area (Å²) in [5.74, 6) is 1.37. The van der Waals surface area contributed by atoms with E-state index in [0.29, 0.717) is 35.8 Å². The van der Waals surface area contributed by atoms with Gasteiger partial charge >= 0.3 is 0 Å². The first-order valence-electron chi connectivity index (χ1n) is 9.54. The number of nitrogens with zero attached hydrogens (tertiary/aromatic N) is 1. The molecule has 0 aliphatic carbocycles. The smallest absolute Gasteiger partial charge is 0.240 e. The number of hydrogen-bond donors (Lipinski definition) is 1. The largest absolute Gasteiger partial charge is 0.497 e. The lowest BCUT2D eigenvalue weighted by molar-refractivity contribution is -0.119. The maximum Gasteiger partial charge on any atom is 0.240 e. The lowest BCUT2D eigenvalue weighted by Gasteiger charge is -2.24. The molecule has 0 spiro atoms. The van der Waals surface area contributed by atoms with Crippen LogP contribution in [-0.2, 0) is 20.6 Å². The van der Waals surface area contributed by atoms with E-state index in [1.165, 1.54) is 26.4 Å². The van der Waals surface area contributed by atoms with Crippen LogP contribution < -0.4 is 19.1 Å². The van der Waals surface area contributed by atoms with Gasteiger partial charge in [-0.1, -0.05) is 18.2 Å². The molecule has 0 saturated carbocycles. The van der Waals surface area contributed by atoms with Crippen molar-refractivity contribution in [2.75, 3.05) is 43.6 Å². The van der Waals surface area contributed by atoms with Gasteiger partial charge in [-0.25, -0.2) is 12.8 Å². The molecule has 2 aromatic carbocycles. The molecule has 10 heteroatoms. The van der Waals surface area contributed by atoms with E-state index in [0.717, 1.165) is 16.3 Å². The monoisotopic (exact) mass is 470 g/mol. The Labute approximate surface area is 187 Å². The molecule has 0 heterocycles. The van der Waals surface area contributed by atoms with E-state index in [-0.39, 0.29) is 18.0 Å². The van der Waals surface area contributed by atoms with Crippen molar-refractivity contribution >= 4 is 33.4 Å². The Hall–Kier alpha value is -2.46. The number of ether oxygens (including phenoxy) is 2. The molecule has 0 aliphatic rings. The number of anilines is 1. The highest BCUT2D eigenvalue weighted by molar-refractivity contribution is 7.98. The van der Waals surface area contributed by atoms with Gasteiger partial charge in [0, 0.05) is 18.4 Å². The zero-order chi connectivity index (χ0) is 22.9. The van der Waals surface area contributed by atoms with Crippen LogP contribution in [0.3, 0.4) is 0 Å². The molecule has 0 aliphatic heterocycles. The van der Waals surface area contributed by atoms with Gasteiger partial charge in [0.2, 0.25) is 15.9 Å². The highest BCUT2D eigenvalue weighted by Crippen LogP contribution is 2.33. The molecule has 0 aromatic heterocycles. The summed E-state index contributed by atoms with van der Waals surface area (Å²) in [7, 11) is -0.860. The molecule has 31 heavy (non-hydrogen) atoms. The SMILES string of the molecule is COc1ccc(OC)c(N(CC(=O)NCCCSCc2ccccc2F)S(C)(=O)=O)c1. The number of hydrogen-bond acceptors (Lipinski definition) is 6. The Morgan fingerprint density at radius 2 is 1.90 bits per heavy atom. The maximum absolute atomic E-state index is 13.6. The van der Waals surface area contributed by atoms with Crippen molar-refractivity contribution < 1.29 is 27.1 Å². The topological polar surface area (TPSA) is 84.9 Å². The highest BCUT2D eigenvalue weighted by atomic mass is 32.2. The van der Waals surface area contributed by atoms with Gasteiger partial charge in [-0.15, -0.1) is 0 Å². The average molecular weight is 471 g/mol. The zero-order valence-electron chi connectivity index (χ0n) is 17.8. The van der Waals surface area contributed by atoms with Crippen molar-refractivity contribution in [3.05, 3.63) is 53.8 Å². The molecular formula is C21H27FN2O5S2. The molecule has 2 rings (SSSR count). The standard InChI is InChI=1S/C21H27FN2O5S2/c1-28-17-9-10-20(29-2)19(13-17)24(31(3,26)27)14-21(25)23-11-6-12-30-15-16-7-4-5-8-18(16)22/h4-5,7-10,13H,6,11-12,14-15H2,1-3H3,(H,23,25). The molecule has 0 fully saturated rings. The highest BCUT2D eigenvalue weighted by Gasteiger charge is 2.24. The van der Waals surface area contributed by atoms with E-state index in [9.17, 15) is 17.6 Å². The van der Waals surface area contributed by atoms with Gasteiger partial charge in [-0.05, 0) is 35.9 Å². The molecule has 1 N–H and O–H groups in total. The van der Waals surface area contributed by atoms with Crippen LogP contribution in [-0.4, -0.2) is 53.6 Å². The van der Waals surface area contributed by atoms with Crippen LogP contribution in [0.4, 0.5) is 10.1 Å². The molecule has 0 unspecified atom stereocenters. The summed E-state index contributed by atoms with van der Waals surface area (Å²) in [6, 6.07) is 11.4. The summed E-state index contributed by atoms with van der Waals surface area (Å²) >= 11 is 1.57. The lowest BCUT2D eigenvalue weighted by Crippen LogP contribution is -2.40. The summed E-state index contributed by atoms with van der Waals surface area (Å²) in [6.07, 6.45) is 1.70. The fraction of sp³-hybridized carbons (Fsp3) is 0.381. The second kappa shape index (κ2) is 11.8. The van der Waals surface area contributed by atoms with Crippen LogP contribution in [0, 0.1) is 5.82 Å².